The third-order valence-electron chi connectivity index (χ3n) is 3.69. The van der Waals surface area contributed by atoms with Gasteiger partial charge in [0, 0.05) is 18.0 Å². The number of oxime groups is 1. The molecule has 6 nitrogen and oxygen atoms in total. The summed E-state index contributed by atoms with van der Waals surface area (Å²) in [5.41, 5.74) is 7.26. The number of aliphatic hydroxyl groups excluding tert-OH is 1. The molecule has 2 aromatic rings. The summed E-state index contributed by atoms with van der Waals surface area (Å²) in [7, 11) is 0. The minimum absolute atomic E-state index is 0.0341. The van der Waals surface area contributed by atoms with Crippen LogP contribution in [-0.2, 0) is 0 Å². The number of aromatic nitrogens is 1. The molecule has 110 valence electrons. The van der Waals surface area contributed by atoms with Gasteiger partial charge in [-0.25, -0.2) is 4.98 Å². The van der Waals surface area contributed by atoms with E-state index < -0.39 is 0 Å². The van der Waals surface area contributed by atoms with Crippen LogP contribution in [0.15, 0.2) is 35.5 Å². The van der Waals surface area contributed by atoms with Crippen LogP contribution in [0.4, 0.5) is 5.82 Å². The van der Waals surface area contributed by atoms with Crippen molar-refractivity contribution in [3.63, 3.8) is 0 Å². The molecule has 0 amide bonds. The fraction of sp³-hybridized carbons (Fsp3) is 0.333. The molecule has 4 N–H and O–H groups in total. The second-order valence-electron chi connectivity index (χ2n) is 5.19. The summed E-state index contributed by atoms with van der Waals surface area (Å²) in [6.45, 7) is 0.530. The van der Waals surface area contributed by atoms with Crippen molar-refractivity contribution in [2.75, 3.05) is 18.1 Å². The Bertz CT molecular complexity index is 682. The lowest BCUT2D eigenvalue weighted by atomic mass is 10.1. The van der Waals surface area contributed by atoms with Crippen LogP contribution in [-0.4, -0.2) is 40.3 Å². The van der Waals surface area contributed by atoms with Gasteiger partial charge in [0.25, 0.3) is 0 Å². The average Bonchev–Trinajstić information content (AvgIpc) is 3.35. The second-order valence-corrected chi connectivity index (χ2v) is 5.19. The van der Waals surface area contributed by atoms with Crippen molar-refractivity contribution < 1.29 is 10.3 Å². The number of rotatable bonds is 5. The molecule has 3 rings (SSSR count). The van der Waals surface area contributed by atoms with Crippen molar-refractivity contribution in [1.29, 1.82) is 0 Å². The minimum Gasteiger partial charge on any atom is -0.409 e. The molecule has 1 fully saturated rings. The summed E-state index contributed by atoms with van der Waals surface area (Å²) in [5.74, 6) is 0.701. The number of pyridine rings is 1. The normalized spacial score (nSPS) is 15.4. The summed E-state index contributed by atoms with van der Waals surface area (Å²) in [6.07, 6.45) is 2.15. The molecule has 0 aliphatic heterocycles. The molecule has 0 radical (unpaired) electrons. The van der Waals surface area contributed by atoms with E-state index in [1.165, 1.54) is 0 Å². The maximum absolute atomic E-state index is 9.29. The van der Waals surface area contributed by atoms with Crippen LogP contribution in [0.25, 0.3) is 10.9 Å². The molecule has 0 unspecified atom stereocenters. The van der Waals surface area contributed by atoms with E-state index in [-0.39, 0.29) is 12.4 Å². The molecule has 0 spiro atoms. The number of para-hydroxylation sites is 1. The smallest absolute Gasteiger partial charge is 0.173 e. The van der Waals surface area contributed by atoms with Gasteiger partial charge in [0.2, 0.25) is 0 Å². The Morgan fingerprint density at radius 3 is 2.81 bits per heavy atom. The molecule has 0 saturated heterocycles. The first kappa shape index (κ1) is 13.6. The average molecular weight is 286 g/mol. The van der Waals surface area contributed by atoms with Crippen LogP contribution in [0, 0.1) is 0 Å². The van der Waals surface area contributed by atoms with Crippen molar-refractivity contribution in [2.24, 2.45) is 10.9 Å². The van der Waals surface area contributed by atoms with E-state index in [0.29, 0.717) is 24.0 Å². The number of benzene rings is 1. The third-order valence-corrected chi connectivity index (χ3v) is 3.69. The molecule has 0 bridgehead atoms. The first-order valence-electron chi connectivity index (χ1n) is 6.99. The number of hydrogen-bond donors (Lipinski definition) is 3. The molecule has 1 aromatic heterocycles. The zero-order valence-electron chi connectivity index (χ0n) is 11.6. The van der Waals surface area contributed by atoms with Gasteiger partial charge in [0.15, 0.2) is 5.84 Å². The van der Waals surface area contributed by atoms with Crippen molar-refractivity contribution in [2.45, 2.75) is 18.9 Å². The van der Waals surface area contributed by atoms with E-state index in [2.05, 4.69) is 10.1 Å². The molecular weight excluding hydrogens is 268 g/mol. The number of anilines is 1. The van der Waals surface area contributed by atoms with Gasteiger partial charge < -0.3 is 20.9 Å². The van der Waals surface area contributed by atoms with Crippen molar-refractivity contribution in [1.82, 2.24) is 4.98 Å². The number of aliphatic hydroxyl groups is 1. The van der Waals surface area contributed by atoms with Crippen LogP contribution in [0.1, 0.15) is 18.4 Å². The van der Waals surface area contributed by atoms with Gasteiger partial charge in [-0.2, -0.15) is 0 Å². The van der Waals surface area contributed by atoms with Crippen LogP contribution in [0.5, 0.6) is 0 Å². The molecule has 1 heterocycles. The molecule has 6 heteroatoms. The van der Waals surface area contributed by atoms with Gasteiger partial charge >= 0.3 is 0 Å². The van der Waals surface area contributed by atoms with E-state index >= 15 is 0 Å². The Labute approximate surface area is 122 Å². The number of fused-ring (bicyclic) bond motifs is 1. The molecule has 21 heavy (non-hydrogen) atoms. The highest BCUT2D eigenvalue weighted by Crippen LogP contribution is 2.33. The SMILES string of the molecule is NC(=NO)c1cc2ccccc2nc1N(CCO)C1CC1. The Morgan fingerprint density at radius 1 is 1.38 bits per heavy atom. The maximum atomic E-state index is 9.29. The topological polar surface area (TPSA) is 95.0 Å². The summed E-state index contributed by atoms with van der Waals surface area (Å²) in [6, 6.07) is 9.96. The quantitative estimate of drug-likeness (QED) is 0.333. The predicted molar refractivity (Wildman–Crippen MR) is 81.7 cm³/mol. The maximum Gasteiger partial charge on any atom is 0.173 e. The lowest BCUT2D eigenvalue weighted by molar-refractivity contribution is 0.301. The highest BCUT2D eigenvalue weighted by Gasteiger charge is 2.31. The first-order valence-corrected chi connectivity index (χ1v) is 6.99. The van der Waals surface area contributed by atoms with Gasteiger partial charge in [-0.1, -0.05) is 23.4 Å². The van der Waals surface area contributed by atoms with Crippen LogP contribution < -0.4 is 10.6 Å². The largest absolute Gasteiger partial charge is 0.409 e. The minimum atomic E-state index is 0.0341. The summed E-state index contributed by atoms with van der Waals surface area (Å²) in [5, 5.41) is 22.4. The fourth-order valence-corrected chi connectivity index (χ4v) is 2.52. The standard InChI is InChI=1S/C15H18N4O2/c16-14(18-21)12-9-10-3-1-2-4-13(10)17-15(12)19(7-8-20)11-5-6-11/h1-4,9,11,20-21H,5-8H2,(H2,16,18). The van der Waals surface area contributed by atoms with Crippen LogP contribution in [0.2, 0.25) is 0 Å². The van der Waals surface area contributed by atoms with E-state index in [9.17, 15) is 5.11 Å². The predicted octanol–water partition coefficient (Wildman–Crippen LogP) is 1.29. The summed E-state index contributed by atoms with van der Waals surface area (Å²) < 4.78 is 0. The lowest BCUT2D eigenvalue weighted by Gasteiger charge is -2.25. The Hall–Kier alpha value is -2.34. The van der Waals surface area contributed by atoms with Gasteiger partial charge in [-0.3, -0.25) is 0 Å². The number of hydrogen-bond acceptors (Lipinski definition) is 5. The van der Waals surface area contributed by atoms with Gasteiger partial charge in [-0.05, 0) is 25.0 Å². The molecular formula is C15H18N4O2. The first-order chi connectivity index (χ1) is 10.2. The van der Waals surface area contributed by atoms with E-state index in [4.69, 9.17) is 10.9 Å². The van der Waals surface area contributed by atoms with E-state index in [1.54, 1.807) is 0 Å². The molecule has 1 saturated carbocycles. The van der Waals surface area contributed by atoms with Crippen molar-refractivity contribution in [3.8, 4) is 0 Å². The lowest BCUT2D eigenvalue weighted by Crippen LogP contribution is -2.32. The van der Waals surface area contributed by atoms with E-state index in [0.717, 1.165) is 23.7 Å². The zero-order chi connectivity index (χ0) is 14.8. The highest BCUT2D eigenvalue weighted by atomic mass is 16.4. The van der Waals surface area contributed by atoms with Crippen LogP contribution >= 0.6 is 0 Å². The number of amidine groups is 1. The monoisotopic (exact) mass is 286 g/mol. The highest BCUT2D eigenvalue weighted by molar-refractivity contribution is 6.04. The molecule has 1 aliphatic carbocycles. The molecule has 0 atom stereocenters. The molecule has 1 aromatic carbocycles. The number of nitrogens with two attached hydrogens (primary N) is 1. The summed E-state index contributed by atoms with van der Waals surface area (Å²) >= 11 is 0. The Balaban J connectivity index is 2.17. The van der Waals surface area contributed by atoms with Crippen molar-refractivity contribution in [3.05, 3.63) is 35.9 Å². The van der Waals surface area contributed by atoms with Crippen molar-refractivity contribution >= 4 is 22.6 Å². The number of nitrogens with zero attached hydrogens (tertiary/aromatic N) is 3. The zero-order valence-corrected chi connectivity index (χ0v) is 11.6. The molecule has 1 aliphatic rings. The third kappa shape index (κ3) is 2.62. The van der Waals surface area contributed by atoms with Gasteiger partial charge in [-0.15, -0.1) is 0 Å². The Kier molecular flexibility index (Phi) is 3.62. The van der Waals surface area contributed by atoms with Crippen LogP contribution in [0.3, 0.4) is 0 Å². The second kappa shape index (κ2) is 5.57. The van der Waals surface area contributed by atoms with E-state index in [1.807, 2.05) is 35.2 Å². The fourth-order valence-electron chi connectivity index (χ4n) is 2.52. The Morgan fingerprint density at radius 2 is 2.14 bits per heavy atom. The van der Waals surface area contributed by atoms with Gasteiger partial charge in [0.1, 0.15) is 5.82 Å². The van der Waals surface area contributed by atoms with Gasteiger partial charge in [0.05, 0.1) is 17.7 Å². The summed E-state index contributed by atoms with van der Waals surface area (Å²) in [4.78, 5) is 6.71.